The van der Waals surface area contributed by atoms with Gasteiger partial charge in [0.1, 0.15) is 5.82 Å². The van der Waals surface area contributed by atoms with Gasteiger partial charge in [-0.05, 0) is 13.8 Å². The van der Waals surface area contributed by atoms with Gasteiger partial charge in [-0.15, -0.1) is 0 Å². The molecule has 2 rings (SSSR count). The second-order valence-corrected chi connectivity index (χ2v) is 5.05. The highest BCUT2D eigenvalue weighted by Crippen LogP contribution is 2.19. The molecule has 1 aliphatic heterocycles. The van der Waals surface area contributed by atoms with Crippen molar-refractivity contribution in [1.82, 2.24) is 9.97 Å². The van der Waals surface area contributed by atoms with Crippen LogP contribution >= 0.6 is 11.8 Å². The molecule has 0 atom stereocenters. The van der Waals surface area contributed by atoms with Gasteiger partial charge >= 0.3 is 0 Å². The lowest BCUT2D eigenvalue weighted by atomic mass is 10.4. The van der Waals surface area contributed by atoms with E-state index in [4.69, 9.17) is 0 Å². The van der Waals surface area contributed by atoms with E-state index in [1.807, 2.05) is 18.7 Å². The highest BCUT2D eigenvalue weighted by atomic mass is 32.2. The minimum atomic E-state index is 0.746. The summed E-state index contributed by atoms with van der Waals surface area (Å²) in [4.78, 5) is 11.2. The summed E-state index contributed by atoms with van der Waals surface area (Å²) in [5.41, 5.74) is 1.03. The molecule has 0 saturated carbocycles. The molecule has 0 unspecified atom stereocenters. The van der Waals surface area contributed by atoms with Crippen molar-refractivity contribution in [3.63, 3.8) is 0 Å². The van der Waals surface area contributed by atoms with Crippen LogP contribution in [0.1, 0.15) is 12.6 Å². The normalized spacial score (nSPS) is 16.2. The maximum Gasteiger partial charge on any atom is 0.224 e. The van der Waals surface area contributed by atoms with Crippen molar-refractivity contribution in [3.8, 4) is 0 Å². The second kappa shape index (κ2) is 5.39. The van der Waals surface area contributed by atoms with Gasteiger partial charge in [-0.3, -0.25) is 0 Å². The molecule has 0 aromatic carbocycles. The summed E-state index contributed by atoms with van der Waals surface area (Å²) in [5, 5.41) is 3.17. The van der Waals surface area contributed by atoms with Crippen molar-refractivity contribution >= 4 is 23.5 Å². The van der Waals surface area contributed by atoms with Crippen molar-refractivity contribution in [2.45, 2.75) is 13.8 Å². The fraction of sp³-hybridized carbons (Fsp3) is 0.636. The topological polar surface area (TPSA) is 41.1 Å². The van der Waals surface area contributed by atoms with Crippen LogP contribution < -0.4 is 10.2 Å². The van der Waals surface area contributed by atoms with E-state index in [-0.39, 0.29) is 0 Å². The number of aromatic nitrogens is 2. The number of thioether (sulfide) groups is 1. The zero-order chi connectivity index (χ0) is 11.4. The molecule has 1 fully saturated rings. The molecule has 1 aromatic rings. The highest BCUT2D eigenvalue weighted by molar-refractivity contribution is 7.99. The third-order valence-corrected chi connectivity index (χ3v) is 3.45. The molecule has 0 amide bonds. The zero-order valence-electron chi connectivity index (χ0n) is 9.86. The third kappa shape index (κ3) is 2.78. The van der Waals surface area contributed by atoms with Gasteiger partial charge in [-0.2, -0.15) is 16.7 Å². The van der Waals surface area contributed by atoms with Crippen molar-refractivity contribution in [2.75, 3.05) is 41.4 Å². The Morgan fingerprint density at radius 1 is 1.38 bits per heavy atom. The van der Waals surface area contributed by atoms with E-state index in [1.54, 1.807) is 0 Å². The number of anilines is 2. The molecule has 2 heterocycles. The summed E-state index contributed by atoms with van der Waals surface area (Å²) in [5.74, 6) is 4.19. The summed E-state index contributed by atoms with van der Waals surface area (Å²) >= 11 is 2.01. The fourth-order valence-electron chi connectivity index (χ4n) is 1.74. The van der Waals surface area contributed by atoms with Crippen LogP contribution in [0, 0.1) is 6.92 Å². The van der Waals surface area contributed by atoms with Crippen LogP contribution in [0.4, 0.5) is 11.8 Å². The summed E-state index contributed by atoms with van der Waals surface area (Å²) in [6.07, 6.45) is 0. The van der Waals surface area contributed by atoms with Crippen LogP contribution in [0.15, 0.2) is 6.07 Å². The number of nitrogens with one attached hydrogen (secondary N) is 1. The predicted molar refractivity (Wildman–Crippen MR) is 70.5 cm³/mol. The quantitative estimate of drug-likeness (QED) is 0.869. The first-order chi connectivity index (χ1) is 7.79. The molecular formula is C11H18N4S. The lowest BCUT2D eigenvalue weighted by molar-refractivity contribution is 0.832. The Morgan fingerprint density at radius 2 is 2.12 bits per heavy atom. The molecule has 0 aliphatic carbocycles. The molecule has 0 spiro atoms. The van der Waals surface area contributed by atoms with E-state index in [1.165, 1.54) is 11.5 Å². The van der Waals surface area contributed by atoms with Crippen molar-refractivity contribution < 1.29 is 0 Å². The maximum atomic E-state index is 4.54. The average molecular weight is 238 g/mol. The molecule has 1 saturated heterocycles. The molecular weight excluding hydrogens is 220 g/mol. The summed E-state index contributed by atoms with van der Waals surface area (Å²) in [6.45, 7) is 7.12. The average Bonchev–Trinajstić information content (AvgIpc) is 2.30. The Labute approximate surface area is 101 Å². The predicted octanol–water partition coefficient (Wildman–Crippen LogP) is 1.77. The van der Waals surface area contributed by atoms with Gasteiger partial charge < -0.3 is 10.2 Å². The first kappa shape index (κ1) is 11.5. The molecule has 16 heavy (non-hydrogen) atoms. The van der Waals surface area contributed by atoms with Crippen molar-refractivity contribution in [1.29, 1.82) is 0 Å². The smallest absolute Gasteiger partial charge is 0.224 e. The molecule has 5 heteroatoms. The van der Waals surface area contributed by atoms with Crippen LogP contribution in [0.25, 0.3) is 0 Å². The Kier molecular flexibility index (Phi) is 3.88. The number of hydrogen-bond acceptors (Lipinski definition) is 5. The van der Waals surface area contributed by atoms with Gasteiger partial charge in [0, 0.05) is 42.9 Å². The SMILES string of the molecule is CCNc1nc(C)cc(N2CCSCC2)n1. The molecule has 1 aromatic heterocycles. The van der Waals surface area contributed by atoms with E-state index >= 15 is 0 Å². The van der Waals surface area contributed by atoms with E-state index in [9.17, 15) is 0 Å². The van der Waals surface area contributed by atoms with Crippen LogP contribution in [-0.4, -0.2) is 41.1 Å². The largest absolute Gasteiger partial charge is 0.355 e. The van der Waals surface area contributed by atoms with Crippen LogP contribution in [-0.2, 0) is 0 Å². The lowest BCUT2D eigenvalue weighted by Crippen LogP contribution is -2.33. The molecule has 1 aliphatic rings. The lowest BCUT2D eigenvalue weighted by Gasteiger charge is -2.27. The van der Waals surface area contributed by atoms with E-state index in [0.717, 1.165) is 37.1 Å². The molecule has 1 N–H and O–H groups in total. The number of aryl methyl sites for hydroxylation is 1. The van der Waals surface area contributed by atoms with E-state index in [0.29, 0.717) is 0 Å². The highest BCUT2D eigenvalue weighted by Gasteiger charge is 2.13. The summed E-state index contributed by atoms with van der Waals surface area (Å²) in [7, 11) is 0. The summed E-state index contributed by atoms with van der Waals surface area (Å²) in [6, 6.07) is 2.07. The molecule has 88 valence electrons. The Bertz CT molecular complexity index is 350. The van der Waals surface area contributed by atoms with Gasteiger partial charge in [0.05, 0.1) is 0 Å². The number of nitrogens with zero attached hydrogens (tertiary/aromatic N) is 3. The zero-order valence-corrected chi connectivity index (χ0v) is 10.7. The minimum absolute atomic E-state index is 0.746. The van der Waals surface area contributed by atoms with Gasteiger partial charge in [-0.25, -0.2) is 4.98 Å². The number of hydrogen-bond donors (Lipinski definition) is 1. The summed E-state index contributed by atoms with van der Waals surface area (Å²) < 4.78 is 0. The standard InChI is InChI=1S/C11H18N4S/c1-3-12-11-13-9(2)8-10(14-11)15-4-6-16-7-5-15/h8H,3-7H2,1-2H3,(H,12,13,14). The first-order valence-electron chi connectivity index (χ1n) is 5.72. The third-order valence-electron chi connectivity index (χ3n) is 2.51. The Hall–Kier alpha value is -0.970. The second-order valence-electron chi connectivity index (χ2n) is 3.82. The van der Waals surface area contributed by atoms with Crippen LogP contribution in [0.3, 0.4) is 0 Å². The number of rotatable bonds is 3. The van der Waals surface area contributed by atoms with Crippen molar-refractivity contribution in [2.24, 2.45) is 0 Å². The van der Waals surface area contributed by atoms with Gasteiger partial charge in [0.25, 0.3) is 0 Å². The minimum Gasteiger partial charge on any atom is -0.355 e. The molecule has 4 nitrogen and oxygen atoms in total. The monoisotopic (exact) mass is 238 g/mol. The molecule has 0 radical (unpaired) electrons. The maximum absolute atomic E-state index is 4.54. The Balaban J connectivity index is 2.18. The van der Waals surface area contributed by atoms with Gasteiger partial charge in [0.2, 0.25) is 5.95 Å². The van der Waals surface area contributed by atoms with Gasteiger partial charge in [-0.1, -0.05) is 0 Å². The van der Waals surface area contributed by atoms with E-state index in [2.05, 4.69) is 33.2 Å². The van der Waals surface area contributed by atoms with Crippen LogP contribution in [0.2, 0.25) is 0 Å². The van der Waals surface area contributed by atoms with Crippen LogP contribution in [0.5, 0.6) is 0 Å². The fourth-order valence-corrected chi connectivity index (χ4v) is 2.65. The van der Waals surface area contributed by atoms with Gasteiger partial charge in [0.15, 0.2) is 0 Å². The first-order valence-corrected chi connectivity index (χ1v) is 6.87. The van der Waals surface area contributed by atoms with E-state index < -0.39 is 0 Å². The Morgan fingerprint density at radius 3 is 2.81 bits per heavy atom. The molecule has 0 bridgehead atoms. The van der Waals surface area contributed by atoms with Crippen molar-refractivity contribution in [3.05, 3.63) is 11.8 Å².